The fraction of sp³-hybridized carbons (Fsp3) is 0.188. The van der Waals surface area contributed by atoms with E-state index in [0.29, 0.717) is 11.7 Å². The Morgan fingerprint density at radius 2 is 1.84 bits per heavy atom. The SMILES string of the molecule is Oc1c(C=NNc2ccccc2)cccc1C1CC1. The van der Waals surface area contributed by atoms with Crippen molar-refractivity contribution in [3.05, 3.63) is 59.7 Å². The molecule has 96 valence electrons. The molecule has 0 spiro atoms. The standard InChI is InChI=1S/C16H16N2O/c19-16-13(5-4-8-15(16)12-9-10-12)11-17-18-14-6-2-1-3-7-14/h1-8,11-12,18-19H,9-10H2. The number of phenols is 1. The minimum Gasteiger partial charge on any atom is -0.507 e. The number of para-hydroxylation sites is 2. The Kier molecular flexibility index (Phi) is 3.19. The Morgan fingerprint density at radius 3 is 2.58 bits per heavy atom. The van der Waals surface area contributed by atoms with Crippen LogP contribution in [0.2, 0.25) is 0 Å². The van der Waals surface area contributed by atoms with Crippen molar-refractivity contribution in [2.24, 2.45) is 5.10 Å². The highest BCUT2D eigenvalue weighted by Gasteiger charge is 2.26. The van der Waals surface area contributed by atoms with Gasteiger partial charge in [0, 0.05) is 5.56 Å². The first-order valence-electron chi connectivity index (χ1n) is 6.50. The van der Waals surface area contributed by atoms with Gasteiger partial charge in [-0.2, -0.15) is 5.10 Å². The number of anilines is 1. The molecule has 0 radical (unpaired) electrons. The van der Waals surface area contributed by atoms with Crippen LogP contribution in [-0.2, 0) is 0 Å². The summed E-state index contributed by atoms with van der Waals surface area (Å²) in [5.74, 6) is 0.902. The van der Waals surface area contributed by atoms with E-state index in [1.54, 1.807) is 6.21 Å². The van der Waals surface area contributed by atoms with E-state index in [2.05, 4.69) is 10.5 Å². The Balaban J connectivity index is 1.74. The highest BCUT2D eigenvalue weighted by Crippen LogP contribution is 2.44. The van der Waals surface area contributed by atoms with Crippen LogP contribution in [0.3, 0.4) is 0 Å². The molecule has 1 saturated carbocycles. The third-order valence-corrected chi connectivity index (χ3v) is 3.29. The van der Waals surface area contributed by atoms with Gasteiger partial charge in [-0.05, 0) is 42.5 Å². The quantitative estimate of drug-likeness (QED) is 0.643. The molecule has 3 heteroatoms. The average Bonchev–Trinajstić information content (AvgIpc) is 3.26. The molecule has 0 amide bonds. The van der Waals surface area contributed by atoms with Gasteiger partial charge in [0.2, 0.25) is 0 Å². The van der Waals surface area contributed by atoms with Crippen LogP contribution in [0, 0.1) is 0 Å². The lowest BCUT2D eigenvalue weighted by Crippen LogP contribution is -1.92. The number of hydrazone groups is 1. The highest BCUT2D eigenvalue weighted by molar-refractivity contribution is 5.84. The maximum absolute atomic E-state index is 10.2. The lowest BCUT2D eigenvalue weighted by molar-refractivity contribution is 0.467. The van der Waals surface area contributed by atoms with Crippen LogP contribution in [0.25, 0.3) is 0 Å². The Hall–Kier alpha value is -2.29. The predicted octanol–water partition coefficient (Wildman–Crippen LogP) is 3.72. The number of aromatic hydroxyl groups is 1. The number of nitrogens with one attached hydrogen (secondary N) is 1. The number of nitrogens with zero attached hydrogens (tertiary/aromatic N) is 1. The molecule has 0 bridgehead atoms. The van der Waals surface area contributed by atoms with E-state index in [1.807, 2.05) is 48.5 Å². The number of hydrogen-bond donors (Lipinski definition) is 2. The lowest BCUT2D eigenvalue weighted by atomic mass is 10.1. The van der Waals surface area contributed by atoms with Crippen molar-refractivity contribution >= 4 is 11.9 Å². The molecule has 1 aliphatic rings. The molecular weight excluding hydrogens is 236 g/mol. The predicted molar refractivity (Wildman–Crippen MR) is 77.7 cm³/mol. The molecule has 2 aromatic carbocycles. The molecule has 3 nitrogen and oxygen atoms in total. The smallest absolute Gasteiger partial charge is 0.127 e. The van der Waals surface area contributed by atoms with Crippen LogP contribution in [0.5, 0.6) is 5.75 Å². The normalized spacial score (nSPS) is 14.7. The van der Waals surface area contributed by atoms with Crippen LogP contribution in [-0.4, -0.2) is 11.3 Å². The Morgan fingerprint density at radius 1 is 1.05 bits per heavy atom. The third kappa shape index (κ3) is 2.76. The van der Waals surface area contributed by atoms with Gasteiger partial charge in [0.1, 0.15) is 5.75 Å². The van der Waals surface area contributed by atoms with Gasteiger partial charge in [0.05, 0.1) is 11.9 Å². The summed E-state index contributed by atoms with van der Waals surface area (Å²) in [6.07, 6.45) is 4.01. The van der Waals surface area contributed by atoms with Gasteiger partial charge in [-0.3, -0.25) is 5.43 Å². The lowest BCUT2D eigenvalue weighted by Gasteiger charge is -2.05. The largest absolute Gasteiger partial charge is 0.507 e. The van der Waals surface area contributed by atoms with Gasteiger partial charge >= 0.3 is 0 Å². The van der Waals surface area contributed by atoms with Gasteiger partial charge in [-0.15, -0.1) is 0 Å². The van der Waals surface area contributed by atoms with Crippen LogP contribution in [0.4, 0.5) is 5.69 Å². The molecular formula is C16H16N2O. The van der Waals surface area contributed by atoms with E-state index < -0.39 is 0 Å². The van der Waals surface area contributed by atoms with E-state index >= 15 is 0 Å². The molecule has 0 aliphatic heterocycles. The second kappa shape index (κ2) is 5.14. The second-order valence-corrected chi connectivity index (χ2v) is 4.80. The summed E-state index contributed by atoms with van der Waals surface area (Å²) < 4.78 is 0. The minimum absolute atomic E-state index is 0.364. The van der Waals surface area contributed by atoms with E-state index in [-0.39, 0.29) is 0 Å². The summed E-state index contributed by atoms with van der Waals surface area (Å²) in [6, 6.07) is 15.6. The van der Waals surface area contributed by atoms with Crippen molar-refractivity contribution in [1.29, 1.82) is 0 Å². The molecule has 19 heavy (non-hydrogen) atoms. The van der Waals surface area contributed by atoms with Crippen LogP contribution >= 0.6 is 0 Å². The minimum atomic E-state index is 0.364. The summed E-state index contributed by atoms with van der Waals surface area (Å²) in [5.41, 5.74) is 5.67. The number of phenolic OH excluding ortho intramolecular Hbond substituents is 1. The van der Waals surface area contributed by atoms with Gasteiger partial charge in [-0.25, -0.2) is 0 Å². The monoisotopic (exact) mass is 252 g/mol. The fourth-order valence-electron chi connectivity index (χ4n) is 2.10. The molecule has 0 aromatic heterocycles. The molecule has 0 saturated heterocycles. The topological polar surface area (TPSA) is 44.6 Å². The van der Waals surface area contributed by atoms with Gasteiger partial charge in [0.25, 0.3) is 0 Å². The summed E-state index contributed by atoms with van der Waals surface area (Å²) in [7, 11) is 0. The molecule has 3 rings (SSSR count). The van der Waals surface area contributed by atoms with E-state index in [0.717, 1.165) is 16.8 Å². The maximum Gasteiger partial charge on any atom is 0.127 e. The summed E-state index contributed by atoms with van der Waals surface area (Å²) in [4.78, 5) is 0. The molecule has 0 unspecified atom stereocenters. The summed E-state index contributed by atoms with van der Waals surface area (Å²) in [5, 5.41) is 14.3. The zero-order valence-electron chi connectivity index (χ0n) is 10.6. The van der Waals surface area contributed by atoms with Crippen molar-refractivity contribution in [3.63, 3.8) is 0 Å². The van der Waals surface area contributed by atoms with Crippen LogP contribution in [0.1, 0.15) is 29.9 Å². The van der Waals surface area contributed by atoms with Crippen LogP contribution < -0.4 is 5.43 Å². The average molecular weight is 252 g/mol. The molecule has 2 N–H and O–H groups in total. The first kappa shape index (κ1) is 11.8. The van der Waals surface area contributed by atoms with Crippen LogP contribution in [0.15, 0.2) is 53.6 Å². The van der Waals surface area contributed by atoms with Crippen molar-refractivity contribution in [3.8, 4) is 5.75 Å². The first-order chi connectivity index (χ1) is 9.34. The zero-order chi connectivity index (χ0) is 13.1. The fourth-order valence-corrected chi connectivity index (χ4v) is 2.10. The molecule has 1 fully saturated rings. The Bertz CT molecular complexity index is 589. The molecule has 1 aliphatic carbocycles. The maximum atomic E-state index is 10.2. The van der Waals surface area contributed by atoms with Crippen molar-refractivity contribution in [2.75, 3.05) is 5.43 Å². The van der Waals surface area contributed by atoms with Gasteiger partial charge in [-0.1, -0.05) is 30.3 Å². The molecule has 0 atom stereocenters. The van der Waals surface area contributed by atoms with E-state index in [9.17, 15) is 5.11 Å². The Labute approximate surface area is 112 Å². The summed E-state index contributed by atoms with van der Waals surface area (Å²) >= 11 is 0. The third-order valence-electron chi connectivity index (χ3n) is 3.29. The number of rotatable bonds is 4. The van der Waals surface area contributed by atoms with E-state index in [1.165, 1.54) is 12.8 Å². The first-order valence-corrected chi connectivity index (χ1v) is 6.50. The van der Waals surface area contributed by atoms with E-state index in [4.69, 9.17) is 0 Å². The van der Waals surface area contributed by atoms with Gasteiger partial charge in [0.15, 0.2) is 0 Å². The highest BCUT2D eigenvalue weighted by atomic mass is 16.3. The summed E-state index contributed by atoms with van der Waals surface area (Å²) in [6.45, 7) is 0. The van der Waals surface area contributed by atoms with Crippen molar-refractivity contribution in [1.82, 2.24) is 0 Å². The van der Waals surface area contributed by atoms with Crippen molar-refractivity contribution < 1.29 is 5.11 Å². The molecule has 2 aromatic rings. The van der Waals surface area contributed by atoms with Gasteiger partial charge < -0.3 is 5.11 Å². The number of benzene rings is 2. The van der Waals surface area contributed by atoms with Crippen molar-refractivity contribution in [2.45, 2.75) is 18.8 Å². The number of hydrogen-bond acceptors (Lipinski definition) is 3. The second-order valence-electron chi connectivity index (χ2n) is 4.80. The molecule has 0 heterocycles. The zero-order valence-corrected chi connectivity index (χ0v) is 10.6.